The zero-order valence-electron chi connectivity index (χ0n) is 18.7. The fourth-order valence-electron chi connectivity index (χ4n) is 3.76. The summed E-state index contributed by atoms with van der Waals surface area (Å²) in [7, 11) is -0.871. The number of methoxy groups -OCH3 is 1. The van der Waals surface area contributed by atoms with Crippen molar-refractivity contribution in [3.05, 3.63) is 83.0 Å². The molecule has 0 fully saturated rings. The lowest BCUT2D eigenvalue weighted by Crippen LogP contribution is -2.12. The second-order valence-electron chi connectivity index (χ2n) is 7.71. The minimum absolute atomic E-state index is 0.0141. The number of alkyl halides is 3. The highest BCUT2D eigenvalue weighted by Crippen LogP contribution is 2.38. The van der Waals surface area contributed by atoms with Crippen LogP contribution in [0.15, 0.2) is 71.8 Å². The Bertz CT molecular complexity index is 1500. The van der Waals surface area contributed by atoms with E-state index in [-0.39, 0.29) is 21.3 Å². The van der Waals surface area contributed by atoms with Crippen molar-refractivity contribution in [3.63, 3.8) is 0 Å². The molecule has 0 spiro atoms. The maximum atomic E-state index is 13.5. The van der Waals surface area contributed by atoms with Crippen LogP contribution in [0.25, 0.3) is 10.9 Å². The lowest BCUT2D eigenvalue weighted by Gasteiger charge is -2.15. The van der Waals surface area contributed by atoms with E-state index in [4.69, 9.17) is 16.3 Å². The number of hydrogen-bond donors (Lipinski definition) is 2. The number of halogens is 4. The molecule has 4 rings (SSSR count). The molecule has 6 nitrogen and oxygen atoms in total. The van der Waals surface area contributed by atoms with Crippen LogP contribution in [0.4, 0.5) is 24.5 Å². The van der Waals surface area contributed by atoms with E-state index in [9.17, 15) is 21.6 Å². The molecule has 4 aromatic rings. The third-order valence-corrected chi connectivity index (χ3v) is 7.29. The van der Waals surface area contributed by atoms with Crippen molar-refractivity contribution in [2.24, 2.45) is 0 Å². The van der Waals surface area contributed by atoms with Crippen LogP contribution in [0.3, 0.4) is 0 Å². The Morgan fingerprint density at radius 1 is 1.06 bits per heavy atom. The highest BCUT2D eigenvalue weighted by molar-refractivity contribution is 7.90. The van der Waals surface area contributed by atoms with E-state index < -0.39 is 21.8 Å². The topological polar surface area (TPSA) is 72.4 Å². The van der Waals surface area contributed by atoms with Crippen LogP contribution in [0.2, 0.25) is 5.02 Å². The number of nitrogens with zero attached hydrogens (tertiary/aromatic N) is 1. The van der Waals surface area contributed by atoms with E-state index in [1.165, 1.54) is 43.6 Å². The highest BCUT2D eigenvalue weighted by Gasteiger charge is 2.34. The highest BCUT2D eigenvalue weighted by atomic mass is 35.5. The molecule has 1 heterocycles. The van der Waals surface area contributed by atoms with E-state index >= 15 is 0 Å². The minimum Gasteiger partial charge on any atom is -0.497 e. The van der Waals surface area contributed by atoms with Gasteiger partial charge < -0.3 is 15.4 Å². The van der Waals surface area contributed by atoms with Crippen molar-refractivity contribution >= 4 is 43.9 Å². The summed E-state index contributed by atoms with van der Waals surface area (Å²) in [5, 5.41) is 6.35. The average Bonchev–Trinajstić information content (AvgIpc) is 3.18. The van der Waals surface area contributed by atoms with Crippen LogP contribution >= 0.6 is 11.6 Å². The molecule has 0 aliphatic carbocycles. The second-order valence-corrected chi connectivity index (χ2v) is 9.96. The Morgan fingerprint density at radius 2 is 1.83 bits per heavy atom. The molecule has 0 saturated carbocycles. The Morgan fingerprint density at radius 3 is 2.51 bits per heavy atom. The maximum absolute atomic E-state index is 13.5. The van der Waals surface area contributed by atoms with E-state index in [2.05, 4.69) is 10.6 Å². The molecule has 184 valence electrons. The van der Waals surface area contributed by atoms with Gasteiger partial charge in [0.2, 0.25) is 0 Å². The number of benzene rings is 3. The van der Waals surface area contributed by atoms with Gasteiger partial charge in [-0.25, -0.2) is 12.4 Å². The summed E-state index contributed by atoms with van der Waals surface area (Å²) in [4.78, 5) is 0.0141. The van der Waals surface area contributed by atoms with Crippen LogP contribution in [0.1, 0.15) is 11.1 Å². The molecule has 11 heteroatoms. The van der Waals surface area contributed by atoms with Crippen LogP contribution in [0, 0.1) is 0 Å². The first-order chi connectivity index (χ1) is 16.5. The van der Waals surface area contributed by atoms with Gasteiger partial charge in [0, 0.05) is 34.9 Å². The van der Waals surface area contributed by atoms with Gasteiger partial charge in [-0.05, 0) is 55.1 Å². The van der Waals surface area contributed by atoms with E-state index in [1.807, 2.05) is 0 Å². The number of anilines is 2. The van der Waals surface area contributed by atoms with Gasteiger partial charge in [0.05, 0.1) is 28.8 Å². The van der Waals surface area contributed by atoms with Gasteiger partial charge >= 0.3 is 6.18 Å². The smallest absolute Gasteiger partial charge is 0.418 e. The molecule has 0 saturated heterocycles. The fourth-order valence-corrected chi connectivity index (χ4v) is 5.36. The molecule has 2 N–H and O–H groups in total. The van der Waals surface area contributed by atoms with Gasteiger partial charge in [-0.2, -0.15) is 13.2 Å². The molecule has 35 heavy (non-hydrogen) atoms. The molecule has 0 unspecified atom stereocenters. The Labute approximate surface area is 205 Å². The molecule has 0 aliphatic rings. The lowest BCUT2D eigenvalue weighted by atomic mass is 10.1. The van der Waals surface area contributed by atoms with Crippen LogP contribution in [-0.2, 0) is 22.7 Å². The number of hydrogen-bond acceptors (Lipinski definition) is 5. The predicted octanol–water partition coefficient (Wildman–Crippen LogP) is 6.02. The number of ether oxygens (including phenoxy) is 1. The number of aromatic nitrogens is 1. The van der Waals surface area contributed by atoms with Gasteiger partial charge in [0.15, 0.2) is 0 Å². The zero-order valence-corrected chi connectivity index (χ0v) is 20.2. The summed E-state index contributed by atoms with van der Waals surface area (Å²) in [6, 6.07) is 14.2. The monoisotopic (exact) mass is 523 g/mol. The zero-order chi connectivity index (χ0) is 25.4. The third kappa shape index (κ3) is 4.95. The largest absolute Gasteiger partial charge is 0.497 e. The van der Waals surface area contributed by atoms with Gasteiger partial charge in [-0.1, -0.05) is 23.7 Å². The second kappa shape index (κ2) is 9.44. The van der Waals surface area contributed by atoms with Crippen molar-refractivity contribution in [2.45, 2.75) is 17.6 Å². The summed E-state index contributed by atoms with van der Waals surface area (Å²) in [5.74, 6) is 0.378. The molecule has 0 atom stereocenters. The minimum atomic E-state index is -4.63. The molecule has 0 aliphatic heterocycles. The summed E-state index contributed by atoms with van der Waals surface area (Å²) < 4.78 is 74.0. The molecular formula is C24H21ClF3N3O3S. The van der Waals surface area contributed by atoms with Crippen molar-refractivity contribution < 1.29 is 26.3 Å². The molecule has 0 bridgehead atoms. The molecule has 0 radical (unpaired) electrons. The molecule has 0 amide bonds. The first kappa shape index (κ1) is 24.9. The third-order valence-electron chi connectivity index (χ3n) is 5.39. The Kier molecular flexibility index (Phi) is 6.72. The van der Waals surface area contributed by atoms with E-state index in [0.717, 1.165) is 10.0 Å². The molecular weight excluding hydrogens is 503 g/mol. The van der Waals surface area contributed by atoms with E-state index in [0.29, 0.717) is 28.8 Å². The first-order valence-electron chi connectivity index (χ1n) is 10.4. The SMILES string of the molecule is CNCc1cn(S(=O)(=O)c2cccc(OC)c2)c2cc(Nc3ccc(Cl)cc3C(F)(F)F)ccc12. The predicted molar refractivity (Wildman–Crippen MR) is 130 cm³/mol. The quantitative estimate of drug-likeness (QED) is 0.310. The van der Waals surface area contributed by atoms with Crippen molar-refractivity contribution in [2.75, 3.05) is 19.5 Å². The number of nitrogens with one attached hydrogen (secondary N) is 2. The van der Waals surface area contributed by atoms with Crippen molar-refractivity contribution in [1.29, 1.82) is 0 Å². The van der Waals surface area contributed by atoms with Gasteiger partial charge in [0.1, 0.15) is 5.75 Å². The fraction of sp³-hybridized carbons (Fsp3) is 0.167. The molecule has 3 aromatic carbocycles. The van der Waals surface area contributed by atoms with Crippen LogP contribution in [-0.4, -0.2) is 26.5 Å². The summed E-state index contributed by atoms with van der Waals surface area (Å²) in [6.45, 7) is 0.388. The lowest BCUT2D eigenvalue weighted by molar-refractivity contribution is -0.136. The Balaban J connectivity index is 1.86. The van der Waals surface area contributed by atoms with Gasteiger partial charge in [-0.15, -0.1) is 0 Å². The Hall–Kier alpha value is -3.21. The van der Waals surface area contributed by atoms with E-state index in [1.54, 1.807) is 31.3 Å². The van der Waals surface area contributed by atoms with Crippen molar-refractivity contribution in [3.8, 4) is 5.75 Å². The first-order valence-corrected chi connectivity index (χ1v) is 12.2. The number of fused-ring (bicyclic) bond motifs is 1. The summed E-state index contributed by atoms with van der Waals surface area (Å²) in [5.41, 5.74) is 0.168. The summed E-state index contributed by atoms with van der Waals surface area (Å²) in [6.07, 6.45) is -3.13. The van der Waals surface area contributed by atoms with Crippen molar-refractivity contribution in [1.82, 2.24) is 9.29 Å². The number of rotatable bonds is 7. The van der Waals surface area contributed by atoms with Gasteiger partial charge in [-0.3, -0.25) is 0 Å². The normalized spacial score (nSPS) is 12.2. The van der Waals surface area contributed by atoms with Crippen LogP contribution in [0.5, 0.6) is 5.75 Å². The van der Waals surface area contributed by atoms with Crippen LogP contribution < -0.4 is 15.4 Å². The standard InChI is InChI=1S/C24H21ClF3N3O3S/c1-29-13-15-14-31(35(32,33)19-5-3-4-18(12-19)34-2)23-11-17(7-8-20(15)23)30-22-9-6-16(25)10-21(22)24(26,27)28/h3-12,14,29-30H,13H2,1-2H3. The maximum Gasteiger partial charge on any atom is 0.418 e. The average molecular weight is 524 g/mol. The summed E-state index contributed by atoms with van der Waals surface area (Å²) >= 11 is 5.77. The van der Waals surface area contributed by atoms with Gasteiger partial charge in [0.25, 0.3) is 10.0 Å². The molecule has 1 aromatic heterocycles.